The fourth-order valence-corrected chi connectivity index (χ4v) is 7.72. The average Bonchev–Trinajstić information content (AvgIpc) is 3.41. The molecule has 0 saturated heterocycles. The first-order valence-corrected chi connectivity index (χ1v) is 17.5. The molecule has 2 aliphatic rings. The first-order valence-electron chi connectivity index (χ1n) is 17.5. The van der Waals surface area contributed by atoms with Crippen LogP contribution in [0.3, 0.4) is 0 Å². The molecule has 2 amide bonds. The van der Waals surface area contributed by atoms with Crippen molar-refractivity contribution in [1.82, 2.24) is 9.88 Å². The highest BCUT2D eigenvalue weighted by Crippen LogP contribution is 2.57. The normalized spacial score (nSPS) is 15.0. The van der Waals surface area contributed by atoms with Gasteiger partial charge in [0.05, 0.1) is 11.3 Å². The largest absolute Gasteiger partial charge is 0.508 e. The van der Waals surface area contributed by atoms with Crippen molar-refractivity contribution in [3.8, 4) is 23.0 Å². The highest BCUT2D eigenvalue weighted by atomic mass is 16.6. The minimum absolute atomic E-state index is 0.0481. The molecule has 0 bridgehead atoms. The number of pyridine rings is 1. The second-order valence-corrected chi connectivity index (χ2v) is 14.0. The molecule has 4 aromatic carbocycles. The summed E-state index contributed by atoms with van der Waals surface area (Å²) in [5.74, 6) is -1.21. The van der Waals surface area contributed by atoms with Crippen molar-refractivity contribution in [2.24, 2.45) is 5.73 Å². The number of esters is 1. The number of aromatic nitrogens is 1. The van der Waals surface area contributed by atoms with Gasteiger partial charge in [0, 0.05) is 64.9 Å². The average molecular weight is 713 g/mol. The number of nitrogens with two attached hydrogens (primary N) is 1. The number of ether oxygens (including phenoxy) is 2. The van der Waals surface area contributed by atoms with Crippen LogP contribution in [0.5, 0.6) is 23.0 Å². The molecule has 1 unspecified atom stereocenters. The number of phenols is 2. The molecular weight excluding hydrogens is 672 g/mol. The van der Waals surface area contributed by atoms with Crippen LogP contribution in [0, 0.1) is 0 Å². The number of fused-ring (bicyclic) bond motifs is 6. The van der Waals surface area contributed by atoms with Crippen LogP contribution >= 0.6 is 0 Å². The van der Waals surface area contributed by atoms with Crippen molar-refractivity contribution in [3.05, 3.63) is 142 Å². The summed E-state index contributed by atoms with van der Waals surface area (Å²) < 4.78 is 12.2. The van der Waals surface area contributed by atoms with Gasteiger partial charge in [0.2, 0.25) is 5.91 Å². The fourth-order valence-electron chi connectivity index (χ4n) is 7.72. The smallest absolute Gasteiger partial charge is 0.340 e. The Morgan fingerprint density at radius 2 is 1.47 bits per heavy atom. The Kier molecular flexibility index (Phi) is 8.91. The number of nitrogens with zero attached hydrogens (tertiary/aromatic N) is 2. The molecule has 53 heavy (non-hydrogen) atoms. The molecule has 7 rings (SSSR count). The van der Waals surface area contributed by atoms with E-state index in [1.807, 2.05) is 12.1 Å². The van der Waals surface area contributed by atoms with E-state index in [9.17, 15) is 24.6 Å². The zero-order valence-corrected chi connectivity index (χ0v) is 29.8. The number of primary amides is 1. The molecule has 270 valence electrons. The Morgan fingerprint density at radius 3 is 2.04 bits per heavy atom. The summed E-state index contributed by atoms with van der Waals surface area (Å²) in [5.41, 5.74) is 7.06. The minimum atomic E-state index is -1.44. The number of carbonyl (C=O) groups is 3. The molecule has 1 spiro atoms. The summed E-state index contributed by atoms with van der Waals surface area (Å²) in [6.45, 7) is 9.08. The second kappa shape index (κ2) is 13.4. The van der Waals surface area contributed by atoms with E-state index in [0.29, 0.717) is 46.6 Å². The van der Waals surface area contributed by atoms with Gasteiger partial charge in [-0.15, -0.1) is 0 Å². The molecule has 3 heterocycles. The maximum atomic E-state index is 13.6. The van der Waals surface area contributed by atoms with E-state index in [1.54, 1.807) is 60.8 Å². The van der Waals surface area contributed by atoms with E-state index in [-0.39, 0.29) is 46.2 Å². The molecule has 0 aliphatic carbocycles. The molecule has 1 atom stereocenters. The third-order valence-corrected chi connectivity index (χ3v) is 10.3. The number of nitrogens with one attached hydrogen (secondary N) is 1. The minimum Gasteiger partial charge on any atom is -0.508 e. The predicted octanol–water partition coefficient (Wildman–Crippen LogP) is 6.59. The van der Waals surface area contributed by atoms with Gasteiger partial charge < -0.3 is 30.7 Å². The second-order valence-electron chi connectivity index (χ2n) is 14.0. The summed E-state index contributed by atoms with van der Waals surface area (Å²) in [6.07, 6.45) is 2.05. The molecular formula is C42H40N4O7. The van der Waals surface area contributed by atoms with Gasteiger partial charge >= 0.3 is 5.97 Å². The zero-order valence-electron chi connectivity index (χ0n) is 29.8. The third-order valence-electron chi connectivity index (χ3n) is 10.3. The Hall–Kier alpha value is -6.20. The molecule has 11 heteroatoms. The lowest BCUT2D eigenvalue weighted by atomic mass is 9.73. The predicted molar refractivity (Wildman–Crippen MR) is 198 cm³/mol. The number of amides is 2. The van der Waals surface area contributed by atoms with Gasteiger partial charge in [-0.3, -0.25) is 19.5 Å². The van der Waals surface area contributed by atoms with Crippen LogP contribution in [0.2, 0.25) is 0 Å². The monoisotopic (exact) mass is 712 g/mol. The van der Waals surface area contributed by atoms with Gasteiger partial charge in [-0.1, -0.05) is 24.3 Å². The van der Waals surface area contributed by atoms with E-state index >= 15 is 0 Å². The number of carbonyl (C=O) groups excluding carboxylic acids is 3. The highest BCUT2D eigenvalue weighted by Gasteiger charge is 2.54. The lowest BCUT2D eigenvalue weighted by Gasteiger charge is -2.36. The fraction of sp³-hybridized carbons (Fsp3) is 0.238. The SMILES string of the molecule is CC(C)N(CCC(C(N)=O)(c1ccc(NC(=O)c2ccc3c(c2)C(=O)OC32c3ccc(O)cc3Oc3cc(O)ccc32)cc1)c1ccccn1)C(C)C. The van der Waals surface area contributed by atoms with Crippen LogP contribution in [0.1, 0.15) is 82.8 Å². The lowest BCUT2D eigenvalue weighted by Crippen LogP contribution is -2.47. The van der Waals surface area contributed by atoms with Crippen molar-refractivity contribution < 1.29 is 34.1 Å². The summed E-state index contributed by atoms with van der Waals surface area (Å²) in [6, 6.07) is 26.7. The molecule has 1 aromatic heterocycles. The lowest BCUT2D eigenvalue weighted by molar-refractivity contribution is -0.122. The van der Waals surface area contributed by atoms with Gasteiger partial charge in [-0.2, -0.15) is 0 Å². The van der Waals surface area contributed by atoms with Crippen LogP contribution in [0.15, 0.2) is 103 Å². The van der Waals surface area contributed by atoms with Gasteiger partial charge in [0.1, 0.15) is 28.4 Å². The Morgan fingerprint density at radius 1 is 0.849 bits per heavy atom. The number of hydrogen-bond acceptors (Lipinski definition) is 9. The van der Waals surface area contributed by atoms with E-state index in [2.05, 4.69) is 42.9 Å². The van der Waals surface area contributed by atoms with Crippen molar-refractivity contribution in [2.45, 2.75) is 57.2 Å². The standard InChI is InChI=1S/C42H40N4O7/c1-24(2)46(25(3)4)20-18-41(40(43)51,37-7-5-6-19-44-37)27-9-11-28(12-10-27)45-38(49)26-8-15-32-31(21-26)39(50)53-42(32)33-16-13-29(47)22-35(33)52-36-23-30(48)14-17-34(36)42/h5-17,19,21-25,47-48H,18,20H2,1-4H3,(H2,43,51)(H,45,49). The summed E-state index contributed by atoms with van der Waals surface area (Å²) in [7, 11) is 0. The van der Waals surface area contributed by atoms with Crippen LogP contribution in [-0.4, -0.2) is 56.5 Å². The first-order chi connectivity index (χ1) is 25.3. The van der Waals surface area contributed by atoms with Crippen molar-refractivity contribution >= 4 is 23.5 Å². The number of anilines is 1. The number of aromatic hydroxyl groups is 2. The Bertz CT molecular complexity index is 2180. The molecule has 0 fully saturated rings. The summed E-state index contributed by atoms with van der Waals surface area (Å²) >= 11 is 0. The number of hydrogen-bond donors (Lipinski definition) is 4. The Labute approximate surface area is 307 Å². The van der Waals surface area contributed by atoms with E-state index in [1.165, 1.54) is 30.3 Å². The first kappa shape index (κ1) is 35.2. The van der Waals surface area contributed by atoms with E-state index in [0.717, 1.165) is 0 Å². The van der Waals surface area contributed by atoms with Gasteiger partial charge in [0.15, 0.2) is 5.60 Å². The molecule has 0 radical (unpaired) electrons. The molecule has 5 aromatic rings. The van der Waals surface area contributed by atoms with Gasteiger partial charge in [-0.25, -0.2) is 4.79 Å². The Balaban J connectivity index is 1.19. The maximum Gasteiger partial charge on any atom is 0.340 e. The number of phenolic OH excluding ortho intramolecular Hbond substituents is 2. The van der Waals surface area contributed by atoms with Crippen LogP contribution in [0.4, 0.5) is 5.69 Å². The van der Waals surface area contributed by atoms with Crippen molar-refractivity contribution in [1.29, 1.82) is 0 Å². The molecule has 5 N–H and O–H groups in total. The zero-order chi connectivity index (χ0) is 37.7. The van der Waals surface area contributed by atoms with Gasteiger partial charge in [-0.05, 0) is 100 Å². The van der Waals surface area contributed by atoms with E-state index in [4.69, 9.17) is 15.2 Å². The summed E-state index contributed by atoms with van der Waals surface area (Å²) in [4.78, 5) is 47.5. The van der Waals surface area contributed by atoms with E-state index < -0.39 is 28.8 Å². The maximum absolute atomic E-state index is 13.6. The summed E-state index contributed by atoms with van der Waals surface area (Å²) in [5, 5.41) is 23.3. The number of rotatable bonds is 10. The topological polar surface area (TPSA) is 164 Å². The van der Waals surface area contributed by atoms with Crippen LogP contribution in [0.25, 0.3) is 0 Å². The number of benzene rings is 4. The third kappa shape index (κ3) is 5.92. The quantitative estimate of drug-likeness (QED) is 0.117. The van der Waals surface area contributed by atoms with Crippen LogP contribution < -0.4 is 15.8 Å². The van der Waals surface area contributed by atoms with Gasteiger partial charge in [0.25, 0.3) is 5.91 Å². The highest BCUT2D eigenvalue weighted by molar-refractivity contribution is 6.07. The molecule has 0 saturated carbocycles. The molecule has 2 aliphatic heterocycles. The van der Waals surface area contributed by atoms with Crippen molar-refractivity contribution in [2.75, 3.05) is 11.9 Å². The van der Waals surface area contributed by atoms with Crippen molar-refractivity contribution in [3.63, 3.8) is 0 Å². The molecule has 11 nitrogen and oxygen atoms in total. The van der Waals surface area contributed by atoms with Crippen LogP contribution in [-0.2, 0) is 20.5 Å².